The van der Waals surface area contributed by atoms with Crippen LogP contribution in [-0.4, -0.2) is 34.4 Å². The van der Waals surface area contributed by atoms with Crippen molar-refractivity contribution >= 4 is 28.4 Å². The quantitative estimate of drug-likeness (QED) is 0.734. The van der Waals surface area contributed by atoms with Gasteiger partial charge in [-0.2, -0.15) is 5.10 Å². The van der Waals surface area contributed by atoms with Gasteiger partial charge in [0.1, 0.15) is 6.10 Å². The van der Waals surface area contributed by atoms with E-state index < -0.39 is 0 Å². The normalized spacial score (nSPS) is 18.3. The number of aromatic nitrogens is 3. The van der Waals surface area contributed by atoms with Crippen LogP contribution in [0.4, 0.5) is 5.82 Å². The van der Waals surface area contributed by atoms with Gasteiger partial charge < -0.3 is 14.1 Å². The topological polar surface area (TPSA) is 64.3 Å². The van der Waals surface area contributed by atoms with Gasteiger partial charge in [0.25, 0.3) is 0 Å². The lowest BCUT2D eigenvalue weighted by Crippen LogP contribution is -2.41. The zero-order valence-corrected chi connectivity index (χ0v) is 13.1. The molecule has 1 atom stereocenters. The van der Waals surface area contributed by atoms with E-state index in [9.17, 15) is 0 Å². The maximum Gasteiger partial charge on any atom is 0.213 e. The monoisotopic (exact) mass is 330 g/mol. The largest absolute Gasteiger partial charge is 0.472 e. The van der Waals surface area contributed by atoms with Crippen LogP contribution in [0.3, 0.4) is 0 Å². The highest BCUT2D eigenvalue weighted by Gasteiger charge is 2.25. The van der Waals surface area contributed by atoms with Crippen molar-refractivity contribution in [3.63, 3.8) is 0 Å². The molecule has 6 nitrogen and oxygen atoms in total. The summed E-state index contributed by atoms with van der Waals surface area (Å²) in [5.74, 6) is 1.36. The minimum absolute atomic E-state index is 0.0458. The van der Waals surface area contributed by atoms with Gasteiger partial charge in [0.15, 0.2) is 11.4 Å². The van der Waals surface area contributed by atoms with Gasteiger partial charge >= 0.3 is 0 Å². The number of piperidine rings is 1. The third-order valence-corrected chi connectivity index (χ3v) is 4.14. The van der Waals surface area contributed by atoms with Crippen molar-refractivity contribution in [3.05, 3.63) is 41.9 Å². The van der Waals surface area contributed by atoms with Crippen LogP contribution in [0.5, 0.6) is 5.88 Å². The number of nitrogens with zero attached hydrogens (tertiary/aromatic N) is 4. The van der Waals surface area contributed by atoms with Gasteiger partial charge in [-0.3, -0.25) is 0 Å². The number of rotatable bonds is 3. The third kappa shape index (κ3) is 2.94. The fourth-order valence-corrected chi connectivity index (χ4v) is 2.94. The Morgan fingerprint density at radius 3 is 3.09 bits per heavy atom. The highest BCUT2D eigenvalue weighted by Crippen LogP contribution is 2.27. The van der Waals surface area contributed by atoms with E-state index in [1.807, 2.05) is 6.07 Å². The summed E-state index contributed by atoms with van der Waals surface area (Å²) in [4.78, 5) is 6.35. The average molecular weight is 331 g/mol. The van der Waals surface area contributed by atoms with E-state index in [1.165, 1.54) is 0 Å². The molecule has 0 aliphatic carbocycles. The van der Waals surface area contributed by atoms with Crippen molar-refractivity contribution < 1.29 is 9.15 Å². The summed E-state index contributed by atoms with van der Waals surface area (Å²) in [6.45, 7) is 1.63. The van der Waals surface area contributed by atoms with Crippen LogP contribution in [0, 0.1) is 0 Å². The van der Waals surface area contributed by atoms with Gasteiger partial charge in [-0.05, 0) is 25.0 Å². The molecular weight excluding hydrogens is 316 g/mol. The second-order valence-electron chi connectivity index (χ2n) is 5.52. The van der Waals surface area contributed by atoms with Gasteiger partial charge in [0.2, 0.25) is 5.88 Å². The Labute approximate surface area is 138 Å². The Balaban J connectivity index is 1.53. The zero-order valence-electron chi connectivity index (χ0n) is 12.4. The number of furan rings is 1. The zero-order chi connectivity index (χ0) is 15.6. The van der Waals surface area contributed by atoms with E-state index in [0.29, 0.717) is 10.9 Å². The molecule has 23 heavy (non-hydrogen) atoms. The predicted molar refractivity (Wildman–Crippen MR) is 86.9 cm³/mol. The van der Waals surface area contributed by atoms with E-state index in [2.05, 4.69) is 20.1 Å². The molecule has 4 rings (SSSR count). The number of anilines is 1. The second-order valence-corrected chi connectivity index (χ2v) is 5.95. The maximum atomic E-state index is 5.97. The summed E-state index contributed by atoms with van der Waals surface area (Å²) in [7, 11) is 0. The molecule has 4 heterocycles. The minimum Gasteiger partial charge on any atom is -0.472 e. The fourth-order valence-electron chi connectivity index (χ4n) is 2.83. The first kappa shape index (κ1) is 14.3. The van der Waals surface area contributed by atoms with Crippen LogP contribution in [0.2, 0.25) is 5.02 Å². The summed E-state index contributed by atoms with van der Waals surface area (Å²) in [6.07, 6.45) is 6.99. The molecule has 0 N–H and O–H groups in total. The van der Waals surface area contributed by atoms with E-state index in [-0.39, 0.29) is 6.10 Å². The fraction of sp³-hybridized carbons (Fsp3) is 0.312. The van der Waals surface area contributed by atoms with Gasteiger partial charge in [0.05, 0.1) is 24.0 Å². The Kier molecular flexibility index (Phi) is 3.75. The molecular formula is C16H15ClN4O2. The van der Waals surface area contributed by atoms with Gasteiger partial charge in [0, 0.05) is 24.2 Å². The van der Waals surface area contributed by atoms with E-state index in [0.717, 1.165) is 42.7 Å². The number of halogens is 1. The molecule has 0 saturated carbocycles. The standard InChI is InChI=1S/C16H15ClN4O2/c17-12-3-4-14(18-9-12)23-13-2-1-6-21(10-13)16-15-11(5-7-22-15)8-19-20-16/h3-5,7-9,13H,1-2,6,10H2. The van der Waals surface area contributed by atoms with Crippen molar-refractivity contribution in [1.82, 2.24) is 15.2 Å². The van der Waals surface area contributed by atoms with Gasteiger partial charge in [-0.25, -0.2) is 4.98 Å². The number of ether oxygens (including phenoxy) is 1. The first-order valence-electron chi connectivity index (χ1n) is 7.51. The average Bonchev–Trinajstić information content (AvgIpc) is 3.06. The molecule has 1 fully saturated rings. The molecule has 0 bridgehead atoms. The number of pyridine rings is 1. The van der Waals surface area contributed by atoms with Crippen molar-refractivity contribution in [2.45, 2.75) is 18.9 Å². The van der Waals surface area contributed by atoms with Crippen LogP contribution in [0.1, 0.15) is 12.8 Å². The molecule has 1 aliphatic heterocycles. The van der Waals surface area contributed by atoms with Crippen LogP contribution in [0.25, 0.3) is 11.0 Å². The van der Waals surface area contributed by atoms with Crippen LogP contribution >= 0.6 is 11.6 Å². The molecule has 3 aromatic rings. The molecule has 1 saturated heterocycles. The van der Waals surface area contributed by atoms with Crippen molar-refractivity contribution in [2.24, 2.45) is 0 Å². The smallest absolute Gasteiger partial charge is 0.213 e. The molecule has 1 aliphatic rings. The lowest BCUT2D eigenvalue weighted by molar-refractivity contribution is 0.172. The first-order chi connectivity index (χ1) is 11.3. The van der Waals surface area contributed by atoms with E-state index in [4.69, 9.17) is 20.8 Å². The SMILES string of the molecule is Clc1ccc(OC2CCCN(c3nncc4ccoc34)C2)nc1. The van der Waals surface area contributed by atoms with Gasteiger partial charge in [-0.15, -0.1) is 5.10 Å². The maximum absolute atomic E-state index is 5.97. The molecule has 3 aromatic heterocycles. The molecule has 1 unspecified atom stereocenters. The lowest BCUT2D eigenvalue weighted by Gasteiger charge is -2.32. The highest BCUT2D eigenvalue weighted by atomic mass is 35.5. The second kappa shape index (κ2) is 6.04. The minimum atomic E-state index is 0.0458. The summed E-state index contributed by atoms with van der Waals surface area (Å²) in [6, 6.07) is 5.46. The van der Waals surface area contributed by atoms with Crippen LogP contribution in [-0.2, 0) is 0 Å². The Morgan fingerprint density at radius 2 is 2.22 bits per heavy atom. The highest BCUT2D eigenvalue weighted by molar-refractivity contribution is 6.30. The van der Waals surface area contributed by atoms with Crippen molar-refractivity contribution in [2.75, 3.05) is 18.0 Å². The van der Waals surface area contributed by atoms with Crippen LogP contribution in [0.15, 0.2) is 41.3 Å². The molecule has 118 valence electrons. The Bertz CT molecular complexity index is 805. The Morgan fingerprint density at radius 1 is 1.26 bits per heavy atom. The summed E-state index contributed by atoms with van der Waals surface area (Å²) < 4.78 is 11.5. The molecule has 0 amide bonds. The third-order valence-electron chi connectivity index (χ3n) is 3.91. The lowest BCUT2D eigenvalue weighted by atomic mass is 10.1. The first-order valence-corrected chi connectivity index (χ1v) is 7.89. The number of hydrogen-bond donors (Lipinski definition) is 0. The van der Waals surface area contributed by atoms with Crippen molar-refractivity contribution in [1.29, 1.82) is 0 Å². The van der Waals surface area contributed by atoms with Crippen LogP contribution < -0.4 is 9.64 Å². The molecule has 0 aromatic carbocycles. The van der Waals surface area contributed by atoms with E-state index in [1.54, 1.807) is 30.8 Å². The molecule has 0 radical (unpaired) electrons. The van der Waals surface area contributed by atoms with E-state index >= 15 is 0 Å². The summed E-state index contributed by atoms with van der Waals surface area (Å²) in [5.41, 5.74) is 0.769. The summed E-state index contributed by atoms with van der Waals surface area (Å²) >= 11 is 5.85. The molecule has 7 heteroatoms. The van der Waals surface area contributed by atoms with Gasteiger partial charge in [-0.1, -0.05) is 11.6 Å². The Hall–Kier alpha value is -2.34. The number of hydrogen-bond acceptors (Lipinski definition) is 6. The predicted octanol–water partition coefficient (Wildman–Crippen LogP) is 3.32. The number of fused-ring (bicyclic) bond motifs is 1. The van der Waals surface area contributed by atoms with Crippen molar-refractivity contribution in [3.8, 4) is 5.88 Å². The summed E-state index contributed by atoms with van der Waals surface area (Å²) in [5, 5.41) is 9.86. The molecule has 0 spiro atoms.